The highest BCUT2D eigenvalue weighted by atomic mass is 35.5. The molecule has 14 heavy (non-hydrogen) atoms. The quantitative estimate of drug-likeness (QED) is 0.793. The van der Waals surface area contributed by atoms with Crippen molar-refractivity contribution in [2.45, 2.75) is 20.0 Å². The van der Waals surface area contributed by atoms with E-state index in [9.17, 15) is 9.90 Å². The zero-order valence-corrected chi connectivity index (χ0v) is 8.80. The second kappa shape index (κ2) is 4.44. The number of benzene rings is 1. The molecule has 0 aliphatic heterocycles. The minimum Gasteiger partial charge on any atom is -0.389 e. The number of nitrogens with one attached hydrogen (secondary N) is 1. The molecule has 0 saturated carbocycles. The summed E-state index contributed by atoms with van der Waals surface area (Å²) in [6, 6.07) is 5.15. The Balaban J connectivity index is 3.07. The summed E-state index contributed by atoms with van der Waals surface area (Å²) in [5.74, 6) is -0.186. The second-order valence-corrected chi connectivity index (χ2v) is 3.44. The maximum Gasteiger partial charge on any atom is 0.221 e. The number of aliphatic hydroxyl groups is 1. The Labute approximate surface area is 87.7 Å². The van der Waals surface area contributed by atoms with E-state index in [-0.39, 0.29) is 5.91 Å². The Bertz CT molecular complexity index is 350. The lowest BCUT2D eigenvalue weighted by molar-refractivity contribution is -0.114. The summed E-state index contributed by atoms with van der Waals surface area (Å²) in [4.78, 5) is 10.8. The topological polar surface area (TPSA) is 49.3 Å². The Kier molecular flexibility index (Phi) is 3.49. The van der Waals surface area contributed by atoms with Crippen LogP contribution in [0.1, 0.15) is 25.5 Å². The molecule has 1 rings (SSSR count). The van der Waals surface area contributed by atoms with Gasteiger partial charge in [-0.25, -0.2) is 0 Å². The highest BCUT2D eigenvalue weighted by Crippen LogP contribution is 2.29. The molecule has 3 nitrogen and oxygen atoms in total. The fourth-order valence-corrected chi connectivity index (χ4v) is 1.49. The maximum atomic E-state index is 10.8. The molecule has 0 aliphatic carbocycles. The third-order valence-corrected chi connectivity index (χ3v) is 2.21. The Morgan fingerprint density at radius 2 is 2.21 bits per heavy atom. The highest BCUT2D eigenvalue weighted by Gasteiger charge is 2.10. The van der Waals surface area contributed by atoms with Crippen LogP contribution in [0, 0.1) is 0 Å². The fraction of sp³-hybridized carbons (Fsp3) is 0.300. The average molecular weight is 214 g/mol. The molecule has 0 saturated heterocycles. The van der Waals surface area contributed by atoms with Gasteiger partial charge >= 0.3 is 0 Å². The third-order valence-electron chi connectivity index (χ3n) is 1.79. The first-order chi connectivity index (χ1) is 6.52. The number of aliphatic hydroxyl groups excluding tert-OH is 1. The maximum absolute atomic E-state index is 10.8. The minimum atomic E-state index is -0.642. The summed E-state index contributed by atoms with van der Waals surface area (Å²) < 4.78 is 0. The average Bonchev–Trinajstić information content (AvgIpc) is 2.07. The van der Waals surface area contributed by atoms with E-state index in [1.165, 1.54) is 6.92 Å². The van der Waals surface area contributed by atoms with Gasteiger partial charge in [-0.1, -0.05) is 23.7 Å². The molecule has 1 atom stereocenters. The van der Waals surface area contributed by atoms with Crippen molar-refractivity contribution in [1.29, 1.82) is 0 Å². The highest BCUT2D eigenvalue weighted by molar-refractivity contribution is 6.34. The number of halogens is 1. The van der Waals surface area contributed by atoms with Crippen LogP contribution in [0.4, 0.5) is 5.69 Å². The number of hydrogen-bond donors (Lipinski definition) is 2. The minimum absolute atomic E-state index is 0.186. The number of rotatable bonds is 2. The van der Waals surface area contributed by atoms with Crippen LogP contribution in [0.25, 0.3) is 0 Å². The molecule has 0 spiro atoms. The summed E-state index contributed by atoms with van der Waals surface area (Å²) in [5, 5.41) is 12.3. The first kappa shape index (κ1) is 11.0. The molecule has 4 heteroatoms. The first-order valence-electron chi connectivity index (χ1n) is 4.26. The lowest BCUT2D eigenvalue weighted by atomic mass is 10.1. The van der Waals surface area contributed by atoms with E-state index in [0.29, 0.717) is 16.3 Å². The molecule has 0 aliphatic rings. The molecule has 1 aromatic carbocycles. The molecule has 1 amide bonds. The van der Waals surface area contributed by atoms with E-state index < -0.39 is 6.10 Å². The van der Waals surface area contributed by atoms with E-state index in [1.807, 2.05) is 0 Å². The van der Waals surface area contributed by atoms with Crippen LogP contribution < -0.4 is 5.32 Å². The normalized spacial score (nSPS) is 12.3. The van der Waals surface area contributed by atoms with Crippen molar-refractivity contribution >= 4 is 23.2 Å². The van der Waals surface area contributed by atoms with Crippen molar-refractivity contribution in [1.82, 2.24) is 0 Å². The van der Waals surface area contributed by atoms with Crippen LogP contribution in [-0.4, -0.2) is 11.0 Å². The number of amides is 1. The van der Waals surface area contributed by atoms with Crippen LogP contribution in [0.5, 0.6) is 0 Å². The number of anilines is 1. The van der Waals surface area contributed by atoms with Crippen molar-refractivity contribution in [2.24, 2.45) is 0 Å². The van der Waals surface area contributed by atoms with Crippen LogP contribution in [-0.2, 0) is 4.79 Å². The predicted molar refractivity (Wildman–Crippen MR) is 56.4 cm³/mol. The molecule has 1 aromatic rings. The molecular weight excluding hydrogens is 202 g/mol. The summed E-state index contributed by atoms with van der Waals surface area (Å²) in [5.41, 5.74) is 1.13. The molecule has 0 fully saturated rings. The van der Waals surface area contributed by atoms with E-state index in [4.69, 9.17) is 11.6 Å². The van der Waals surface area contributed by atoms with Gasteiger partial charge < -0.3 is 10.4 Å². The van der Waals surface area contributed by atoms with Crippen molar-refractivity contribution in [2.75, 3.05) is 5.32 Å². The predicted octanol–water partition coefficient (Wildman–Crippen LogP) is 2.35. The number of carbonyl (C=O) groups is 1. The smallest absolute Gasteiger partial charge is 0.221 e. The SMILES string of the molecule is CC(=O)Nc1cccc(C(C)O)c1Cl. The standard InChI is InChI=1S/C10H12ClNO2/c1-6(13)8-4-3-5-9(10(8)11)12-7(2)14/h3-6,13H,1-2H3,(H,12,14). The summed E-state index contributed by atoms with van der Waals surface area (Å²) in [7, 11) is 0. The molecular formula is C10H12ClNO2. The molecule has 0 radical (unpaired) electrons. The van der Waals surface area contributed by atoms with Gasteiger partial charge in [0.2, 0.25) is 5.91 Å². The second-order valence-electron chi connectivity index (χ2n) is 3.07. The van der Waals surface area contributed by atoms with E-state index >= 15 is 0 Å². The molecule has 2 N–H and O–H groups in total. The molecule has 0 bridgehead atoms. The van der Waals surface area contributed by atoms with E-state index in [1.54, 1.807) is 25.1 Å². The van der Waals surface area contributed by atoms with Crippen molar-refractivity contribution in [3.8, 4) is 0 Å². The van der Waals surface area contributed by atoms with Gasteiger partial charge in [-0.2, -0.15) is 0 Å². The molecule has 0 heterocycles. The van der Waals surface area contributed by atoms with Gasteiger partial charge in [0.15, 0.2) is 0 Å². The molecule has 0 aromatic heterocycles. The van der Waals surface area contributed by atoms with E-state index in [2.05, 4.69) is 5.32 Å². The van der Waals surface area contributed by atoms with Crippen LogP contribution in [0.2, 0.25) is 5.02 Å². The van der Waals surface area contributed by atoms with Crippen LogP contribution >= 0.6 is 11.6 Å². The molecule has 76 valence electrons. The number of hydrogen-bond acceptors (Lipinski definition) is 2. The lowest BCUT2D eigenvalue weighted by Crippen LogP contribution is -2.07. The third kappa shape index (κ3) is 2.47. The van der Waals surface area contributed by atoms with Gasteiger partial charge in [-0.3, -0.25) is 4.79 Å². The lowest BCUT2D eigenvalue weighted by Gasteiger charge is -2.11. The van der Waals surface area contributed by atoms with Gasteiger partial charge in [0, 0.05) is 12.5 Å². The van der Waals surface area contributed by atoms with Crippen LogP contribution in [0.15, 0.2) is 18.2 Å². The monoisotopic (exact) mass is 213 g/mol. The van der Waals surface area contributed by atoms with Gasteiger partial charge in [0.25, 0.3) is 0 Å². The van der Waals surface area contributed by atoms with Gasteiger partial charge in [-0.05, 0) is 13.0 Å². The fourth-order valence-electron chi connectivity index (χ4n) is 1.16. The van der Waals surface area contributed by atoms with Gasteiger partial charge in [-0.15, -0.1) is 0 Å². The van der Waals surface area contributed by atoms with Crippen molar-refractivity contribution in [3.05, 3.63) is 28.8 Å². The number of carbonyl (C=O) groups excluding carboxylic acids is 1. The summed E-state index contributed by atoms with van der Waals surface area (Å²) in [6.07, 6.45) is -0.642. The van der Waals surface area contributed by atoms with Gasteiger partial charge in [0.1, 0.15) is 0 Å². The Morgan fingerprint density at radius 3 is 2.71 bits per heavy atom. The zero-order chi connectivity index (χ0) is 10.7. The van der Waals surface area contributed by atoms with Crippen molar-refractivity contribution in [3.63, 3.8) is 0 Å². The summed E-state index contributed by atoms with van der Waals surface area (Å²) >= 11 is 5.97. The Morgan fingerprint density at radius 1 is 1.57 bits per heavy atom. The zero-order valence-electron chi connectivity index (χ0n) is 8.04. The summed E-state index contributed by atoms with van der Waals surface area (Å²) in [6.45, 7) is 3.03. The largest absolute Gasteiger partial charge is 0.389 e. The van der Waals surface area contributed by atoms with Crippen LogP contribution in [0.3, 0.4) is 0 Å². The molecule has 1 unspecified atom stereocenters. The van der Waals surface area contributed by atoms with Crippen molar-refractivity contribution < 1.29 is 9.90 Å². The Hall–Kier alpha value is -1.06. The first-order valence-corrected chi connectivity index (χ1v) is 4.64. The van der Waals surface area contributed by atoms with Gasteiger partial charge in [0.05, 0.1) is 16.8 Å². The van der Waals surface area contributed by atoms with E-state index in [0.717, 1.165) is 0 Å².